The monoisotopic (exact) mass is 255 g/mol. The van der Waals surface area contributed by atoms with Gasteiger partial charge in [-0.2, -0.15) is 0 Å². The van der Waals surface area contributed by atoms with Gasteiger partial charge in [-0.05, 0) is 44.6 Å². The molecule has 0 spiro atoms. The summed E-state index contributed by atoms with van der Waals surface area (Å²) in [6, 6.07) is 0. The van der Waals surface area contributed by atoms with E-state index in [0.29, 0.717) is 18.4 Å². The van der Waals surface area contributed by atoms with Crippen LogP contribution in [0.3, 0.4) is 0 Å². The highest BCUT2D eigenvalue weighted by Crippen LogP contribution is 2.49. The summed E-state index contributed by atoms with van der Waals surface area (Å²) in [4.78, 5) is 2.34. The van der Waals surface area contributed by atoms with Crippen molar-refractivity contribution in [2.45, 2.75) is 44.6 Å². The maximum Gasteiger partial charge on any atom is 0.139 e. The molecule has 3 N–H and O–H groups in total. The third kappa shape index (κ3) is 3.85. The van der Waals surface area contributed by atoms with Crippen LogP contribution < -0.4 is 5.73 Å². The van der Waals surface area contributed by atoms with Crippen LogP contribution in [0.15, 0.2) is 5.16 Å². The van der Waals surface area contributed by atoms with E-state index in [1.54, 1.807) is 0 Å². The van der Waals surface area contributed by atoms with Crippen molar-refractivity contribution in [3.8, 4) is 0 Å². The number of ether oxygens (including phenoxy) is 1. The van der Waals surface area contributed by atoms with Gasteiger partial charge in [-0.25, -0.2) is 0 Å². The lowest BCUT2D eigenvalue weighted by Gasteiger charge is -2.29. The Bertz CT molecular complexity index is 297. The standard InChI is InChI=1S/C13H25N3O2/c1-16(9-11-4-2-3-7-18-11)10-13(5-6-13)8-12(14)15-17/h11,17H,2-10H2,1H3,(H2,14,15). The van der Waals surface area contributed by atoms with E-state index in [1.165, 1.54) is 32.1 Å². The van der Waals surface area contributed by atoms with Gasteiger partial charge in [-0.1, -0.05) is 5.16 Å². The van der Waals surface area contributed by atoms with Gasteiger partial charge in [0, 0.05) is 26.1 Å². The zero-order valence-electron chi connectivity index (χ0n) is 11.3. The summed E-state index contributed by atoms with van der Waals surface area (Å²) in [7, 11) is 2.14. The highest BCUT2D eigenvalue weighted by molar-refractivity contribution is 5.80. The largest absolute Gasteiger partial charge is 0.409 e. The molecule has 0 amide bonds. The minimum Gasteiger partial charge on any atom is -0.409 e. The maximum absolute atomic E-state index is 8.65. The molecule has 2 rings (SSSR count). The summed E-state index contributed by atoms with van der Waals surface area (Å²) in [6.07, 6.45) is 7.12. The molecule has 1 saturated heterocycles. The first-order valence-corrected chi connectivity index (χ1v) is 6.90. The lowest BCUT2D eigenvalue weighted by Crippen LogP contribution is -2.37. The van der Waals surface area contributed by atoms with Crippen molar-refractivity contribution in [3.63, 3.8) is 0 Å². The van der Waals surface area contributed by atoms with Gasteiger partial charge < -0.3 is 20.6 Å². The van der Waals surface area contributed by atoms with Crippen molar-refractivity contribution in [2.24, 2.45) is 16.3 Å². The van der Waals surface area contributed by atoms with E-state index in [-0.39, 0.29) is 5.41 Å². The highest BCUT2D eigenvalue weighted by Gasteiger charge is 2.44. The summed E-state index contributed by atoms with van der Waals surface area (Å²) >= 11 is 0. The van der Waals surface area contributed by atoms with Crippen molar-refractivity contribution in [3.05, 3.63) is 0 Å². The second kappa shape index (κ2) is 5.89. The van der Waals surface area contributed by atoms with Gasteiger partial charge >= 0.3 is 0 Å². The van der Waals surface area contributed by atoms with Crippen molar-refractivity contribution in [2.75, 3.05) is 26.7 Å². The van der Waals surface area contributed by atoms with Crippen LogP contribution in [0.2, 0.25) is 0 Å². The summed E-state index contributed by atoms with van der Waals surface area (Å²) in [5.74, 6) is 0.356. The predicted molar refractivity (Wildman–Crippen MR) is 70.8 cm³/mol. The zero-order valence-corrected chi connectivity index (χ0v) is 11.3. The third-order valence-corrected chi connectivity index (χ3v) is 4.04. The number of amidine groups is 1. The van der Waals surface area contributed by atoms with Crippen molar-refractivity contribution < 1.29 is 9.94 Å². The Morgan fingerprint density at radius 2 is 2.28 bits per heavy atom. The van der Waals surface area contributed by atoms with Crippen LogP contribution in [0.4, 0.5) is 0 Å². The molecular weight excluding hydrogens is 230 g/mol. The molecule has 1 saturated carbocycles. The van der Waals surface area contributed by atoms with Gasteiger partial charge in [0.15, 0.2) is 0 Å². The molecule has 0 aromatic carbocycles. The zero-order chi connectivity index (χ0) is 13.0. The van der Waals surface area contributed by atoms with Crippen LogP contribution in [0.25, 0.3) is 0 Å². The molecule has 1 unspecified atom stereocenters. The molecule has 0 aromatic heterocycles. The molecule has 104 valence electrons. The lowest BCUT2D eigenvalue weighted by atomic mass is 10.0. The number of oxime groups is 1. The molecule has 18 heavy (non-hydrogen) atoms. The van der Waals surface area contributed by atoms with Gasteiger partial charge in [0.2, 0.25) is 0 Å². The van der Waals surface area contributed by atoms with Crippen molar-refractivity contribution >= 4 is 5.84 Å². The van der Waals surface area contributed by atoms with E-state index in [4.69, 9.17) is 15.7 Å². The molecule has 1 atom stereocenters. The molecule has 1 heterocycles. The Balaban J connectivity index is 1.74. The predicted octanol–water partition coefficient (Wildman–Crippen LogP) is 1.40. The molecule has 2 fully saturated rings. The maximum atomic E-state index is 8.65. The van der Waals surface area contributed by atoms with E-state index in [2.05, 4.69) is 17.1 Å². The molecule has 0 aromatic rings. The Kier molecular flexibility index (Phi) is 4.45. The van der Waals surface area contributed by atoms with Crippen LogP contribution in [-0.4, -0.2) is 48.8 Å². The SMILES string of the molecule is CN(CC1CCCCO1)CC1(CC(N)=NO)CC1. The van der Waals surface area contributed by atoms with Gasteiger partial charge in [0.05, 0.1) is 6.10 Å². The number of hydrogen-bond acceptors (Lipinski definition) is 4. The molecule has 1 aliphatic heterocycles. The minimum atomic E-state index is 0.250. The normalized spacial score (nSPS) is 27.4. The van der Waals surface area contributed by atoms with Crippen molar-refractivity contribution in [1.82, 2.24) is 4.90 Å². The Morgan fingerprint density at radius 1 is 1.50 bits per heavy atom. The first kappa shape index (κ1) is 13.6. The first-order valence-electron chi connectivity index (χ1n) is 6.90. The molecule has 5 nitrogen and oxygen atoms in total. The molecule has 0 radical (unpaired) electrons. The lowest BCUT2D eigenvalue weighted by molar-refractivity contribution is -0.00398. The quantitative estimate of drug-likeness (QED) is 0.326. The molecule has 2 aliphatic rings. The summed E-state index contributed by atoms with van der Waals surface area (Å²) in [6.45, 7) is 2.93. The Morgan fingerprint density at radius 3 is 2.83 bits per heavy atom. The van der Waals surface area contributed by atoms with E-state index in [0.717, 1.165) is 19.7 Å². The fraction of sp³-hybridized carbons (Fsp3) is 0.923. The molecular formula is C13H25N3O2. The van der Waals surface area contributed by atoms with E-state index in [9.17, 15) is 0 Å². The van der Waals surface area contributed by atoms with Crippen LogP contribution in [0.5, 0.6) is 0 Å². The number of rotatable bonds is 6. The number of likely N-dealkylation sites (N-methyl/N-ethyl adjacent to an activating group) is 1. The van der Waals surface area contributed by atoms with Gasteiger partial charge in [0.1, 0.15) is 5.84 Å². The Hall–Kier alpha value is -0.810. The summed E-state index contributed by atoms with van der Waals surface area (Å²) in [5.41, 5.74) is 5.87. The van der Waals surface area contributed by atoms with Crippen LogP contribution in [0, 0.1) is 5.41 Å². The topological polar surface area (TPSA) is 71.1 Å². The average molecular weight is 255 g/mol. The van der Waals surface area contributed by atoms with E-state index in [1.807, 2.05) is 0 Å². The number of nitrogens with zero attached hydrogens (tertiary/aromatic N) is 2. The summed E-state index contributed by atoms with van der Waals surface area (Å²) in [5, 5.41) is 11.7. The first-order chi connectivity index (χ1) is 8.63. The average Bonchev–Trinajstić information content (AvgIpc) is 3.09. The molecule has 0 bridgehead atoms. The molecule has 1 aliphatic carbocycles. The third-order valence-electron chi connectivity index (χ3n) is 4.04. The summed E-state index contributed by atoms with van der Waals surface area (Å²) < 4.78 is 5.76. The van der Waals surface area contributed by atoms with Gasteiger partial charge in [0.25, 0.3) is 0 Å². The van der Waals surface area contributed by atoms with Crippen LogP contribution >= 0.6 is 0 Å². The number of nitrogens with two attached hydrogens (primary N) is 1. The highest BCUT2D eigenvalue weighted by atomic mass is 16.5. The second-order valence-electron chi connectivity index (χ2n) is 5.95. The van der Waals surface area contributed by atoms with E-state index < -0.39 is 0 Å². The number of hydrogen-bond donors (Lipinski definition) is 2. The fourth-order valence-corrected chi connectivity index (χ4v) is 2.92. The van der Waals surface area contributed by atoms with Crippen LogP contribution in [-0.2, 0) is 4.74 Å². The smallest absolute Gasteiger partial charge is 0.139 e. The van der Waals surface area contributed by atoms with Crippen LogP contribution in [0.1, 0.15) is 38.5 Å². The van der Waals surface area contributed by atoms with Crippen molar-refractivity contribution in [1.29, 1.82) is 0 Å². The van der Waals surface area contributed by atoms with Gasteiger partial charge in [-0.15, -0.1) is 0 Å². The minimum absolute atomic E-state index is 0.250. The van der Waals surface area contributed by atoms with E-state index >= 15 is 0 Å². The second-order valence-corrected chi connectivity index (χ2v) is 5.95. The Labute approximate surface area is 109 Å². The van der Waals surface area contributed by atoms with Gasteiger partial charge in [-0.3, -0.25) is 0 Å². The molecule has 5 heteroatoms. The fourth-order valence-electron chi connectivity index (χ4n) is 2.92.